The number of rotatable bonds is 5. The molecule has 0 aliphatic heterocycles. The van der Waals surface area contributed by atoms with Crippen LogP contribution >= 0.6 is 0 Å². The van der Waals surface area contributed by atoms with E-state index >= 15 is 0 Å². The summed E-state index contributed by atoms with van der Waals surface area (Å²) in [6.07, 6.45) is 2.39. The number of aromatic nitrogens is 1. The van der Waals surface area contributed by atoms with E-state index in [0.29, 0.717) is 6.54 Å². The molecule has 0 spiro atoms. The Morgan fingerprint density at radius 2 is 2.28 bits per heavy atom. The SMILES string of the molecule is CCNCc1nc(C)ccc1OC1CCCC1O. The van der Waals surface area contributed by atoms with E-state index in [2.05, 4.69) is 17.2 Å². The number of nitrogens with one attached hydrogen (secondary N) is 1. The highest BCUT2D eigenvalue weighted by Gasteiger charge is 2.27. The molecule has 1 heterocycles. The number of hydrogen-bond acceptors (Lipinski definition) is 4. The molecule has 1 aromatic heterocycles. The molecule has 2 N–H and O–H groups in total. The lowest BCUT2D eigenvalue weighted by atomic mass is 10.2. The standard InChI is InChI=1S/C14H22N2O2/c1-3-15-9-11-13(8-7-10(2)16-11)18-14-6-4-5-12(14)17/h7-8,12,14-15,17H,3-6,9H2,1-2H3. The minimum atomic E-state index is -0.335. The van der Waals surface area contributed by atoms with E-state index in [1.165, 1.54) is 0 Å². The molecular formula is C14H22N2O2. The Morgan fingerprint density at radius 3 is 2.94 bits per heavy atom. The lowest BCUT2D eigenvalue weighted by molar-refractivity contribution is 0.0594. The van der Waals surface area contributed by atoms with Crippen LogP contribution in [0.15, 0.2) is 12.1 Å². The Balaban J connectivity index is 2.10. The zero-order chi connectivity index (χ0) is 13.0. The summed E-state index contributed by atoms with van der Waals surface area (Å²) in [5.41, 5.74) is 1.91. The molecule has 1 aromatic rings. The van der Waals surface area contributed by atoms with Gasteiger partial charge in [0.2, 0.25) is 0 Å². The lowest BCUT2D eigenvalue weighted by Gasteiger charge is -2.19. The van der Waals surface area contributed by atoms with Gasteiger partial charge in [-0.2, -0.15) is 0 Å². The third-order valence-electron chi connectivity index (χ3n) is 3.31. The summed E-state index contributed by atoms with van der Waals surface area (Å²) in [4.78, 5) is 4.51. The van der Waals surface area contributed by atoms with Crippen molar-refractivity contribution in [3.05, 3.63) is 23.5 Å². The van der Waals surface area contributed by atoms with E-state index in [9.17, 15) is 5.11 Å². The normalized spacial score (nSPS) is 23.3. The topological polar surface area (TPSA) is 54.4 Å². The van der Waals surface area contributed by atoms with Crippen molar-refractivity contribution in [3.8, 4) is 5.75 Å². The van der Waals surface area contributed by atoms with Crippen molar-refractivity contribution >= 4 is 0 Å². The van der Waals surface area contributed by atoms with Gasteiger partial charge in [0.1, 0.15) is 11.9 Å². The van der Waals surface area contributed by atoms with Crippen LogP contribution in [0.1, 0.15) is 37.6 Å². The minimum absolute atomic E-state index is 0.0742. The molecule has 100 valence electrons. The highest BCUT2D eigenvalue weighted by molar-refractivity contribution is 5.29. The van der Waals surface area contributed by atoms with Gasteiger partial charge >= 0.3 is 0 Å². The van der Waals surface area contributed by atoms with Crippen LogP contribution < -0.4 is 10.1 Å². The van der Waals surface area contributed by atoms with E-state index in [4.69, 9.17) is 4.74 Å². The fourth-order valence-corrected chi connectivity index (χ4v) is 2.28. The third kappa shape index (κ3) is 3.21. The first kappa shape index (κ1) is 13.3. The quantitative estimate of drug-likeness (QED) is 0.836. The number of ether oxygens (including phenoxy) is 1. The molecule has 1 saturated carbocycles. The second-order valence-corrected chi connectivity index (χ2v) is 4.83. The summed E-state index contributed by atoms with van der Waals surface area (Å²) in [6, 6.07) is 3.91. The molecule has 2 unspecified atom stereocenters. The molecule has 4 heteroatoms. The van der Waals surface area contributed by atoms with Crippen molar-refractivity contribution in [2.24, 2.45) is 0 Å². The highest BCUT2D eigenvalue weighted by Crippen LogP contribution is 2.26. The maximum Gasteiger partial charge on any atom is 0.142 e. The van der Waals surface area contributed by atoms with Crippen molar-refractivity contribution in [3.63, 3.8) is 0 Å². The van der Waals surface area contributed by atoms with Gasteiger partial charge in [-0.25, -0.2) is 0 Å². The predicted octanol–water partition coefficient (Wildman–Crippen LogP) is 1.79. The average Bonchev–Trinajstić information content (AvgIpc) is 2.75. The maximum absolute atomic E-state index is 9.81. The summed E-state index contributed by atoms with van der Waals surface area (Å²) in [6.45, 7) is 5.65. The lowest BCUT2D eigenvalue weighted by Crippen LogP contribution is -2.26. The van der Waals surface area contributed by atoms with Crippen LogP contribution in [-0.4, -0.2) is 28.8 Å². The molecule has 0 radical (unpaired) electrons. The number of nitrogens with zero attached hydrogens (tertiary/aromatic N) is 1. The van der Waals surface area contributed by atoms with E-state index in [0.717, 1.165) is 42.9 Å². The fourth-order valence-electron chi connectivity index (χ4n) is 2.28. The molecule has 0 saturated heterocycles. The monoisotopic (exact) mass is 250 g/mol. The first-order valence-corrected chi connectivity index (χ1v) is 6.72. The smallest absolute Gasteiger partial charge is 0.142 e. The van der Waals surface area contributed by atoms with Crippen LogP contribution in [0.25, 0.3) is 0 Å². The van der Waals surface area contributed by atoms with Crippen LogP contribution in [0.5, 0.6) is 5.75 Å². The number of aryl methyl sites for hydroxylation is 1. The van der Waals surface area contributed by atoms with Crippen LogP contribution in [0.2, 0.25) is 0 Å². The molecule has 1 aliphatic carbocycles. The molecule has 4 nitrogen and oxygen atoms in total. The van der Waals surface area contributed by atoms with Gasteiger partial charge in [0.15, 0.2) is 0 Å². The molecule has 0 aromatic carbocycles. The molecule has 18 heavy (non-hydrogen) atoms. The minimum Gasteiger partial charge on any atom is -0.486 e. The zero-order valence-electron chi connectivity index (χ0n) is 11.1. The third-order valence-corrected chi connectivity index (χ3v) is 3.31. The number of pyridine rings is 1. The van der Waals surface area contributed by atoms with Crippen molar-refractivity contribution in [2.75, 3.05) is 6.54 Å². The van der Waals surface area contributed by atoms with Gasteiger partial charge in [-0.1, -0.05) is 6.92 Å². The van der Waals surface area contributed by atoms with Gasteiger partial charge in [-0.05, 0) is 44.9 Å². The van der Waals surface area contributed by atoms with E-state index in [-0.39, 0.29) is 12.2 Å². The Labute approximate surface area is 108 Å². The average molecular weight is 250 g/mol. The molecule has 0 bridgehead atoms. The van der Waals surface area contributed by atoms with Crippen LogP contribution in [0, 0.1) is 6.92 Å². The maximum atomic E-state index is 9.81. The van der Waals surface area contributed by atoms with Crippen LogP contribution in [0.4, 0.5) is 0 Å². The molecule has 2 atom stereocenters. The predicted molar refractivity (Wildman–Crippen MR) is 70.6 cm³/mol. The van der Waals surface area contributed by atoms with Gasteiger partial charge < -0.3 is 15.2 Å². The second-order valence-electron chi connectivity index (χ2n) is 4.83. The van der Waals surface area contributed by atoms with Crippen LogP contribution in [-0.2, 0) is 6.54 Å². The van der Waals surface area contributed by atoms with Gasteiger partial charge in [-0.3, -0.25) is 4.98 Å². The molecule has 2 rings (SSSR count). The second kappa shape index (κ2) is 6.16. The van der Waals surface area contributed by atoms with Gasteiger partial charge in [0.25, 0.3) is 0 Å². The summed E-state index contributed by atoms with van der Waals surface area (Å²) in [5.74, 6) is 0.799. The van der Waals surface area contributed by atoms with Crippen LogP contribution in [0.3, 0.4) is 0 Å². The Kier molecular flexibility index (Phi) is 4.55. The fraction of sp³-hybridized carbons (Fsp3) is 0.643. The zero-order valence-corrected chi connectivity index (χ0v) is 11.1. The van der Waals surface area contributed by atoms with Gasteiger partial charge in [-0.15, -0.1) is 0 Å². The van der Waals surface area contributed by atoms with E-state index in [1.54, 1.807) is 0 Å². The number of aliphatic hydroxyl groups excluding tert-OH is 1. The van der Waals surface area contributed by atoms with Gasteiger partial charge in [0.05, 0.1) is 11.8 Å². The van der Waals surface area contributed by atoms with Crippen molar-refractivity contribution in [1.82, 2.24) is 10.3 Å². The first-order chi connectivity index (χ1) is 8.70. The Bertz CT molecular complexity index is 395. The van der Waals surface area contributed by atoms with Crippen molar-refractivity contribution in [1.29, 1.82) is 0 Å². The summed E-state index contributed by atoms with van der Waals surface area (Å²) in [5, 5.41) is 13.1. The number of hydrogen-bond donors (Lipinski definition) is 2. The number of aliphatic hydroxyl groups is 1. The Morgan fingerprint density at radius 1 is 1.44 bits per heavy atom. The summed E-state index contributed by atoms with van der Waals surface area (Å²) in [7, 11) is 0. The largest absolute Gasteiger partial charge is 0.486 e. The Hall–Kier alpha value is -1.13. The first-order valence-electron chi connectivity index (χ1n) is 6.72. The van der Waals surface area contributed by atoms with Crippen molar-refractivity contribution in [2.45, 2.75) is 51.9 Å². The molecule has 0 amide bonds. The molecule has 1 fully saturated rings. The molecule has 1 aliphatic rings. The van der Waals surface area contributed by atoms with Gasteiger partial charge in [0, 0.05) is 12.2 Å². The summed E-state index contributed by atoms with van der Waals surface area (Å²) < 4.78 is 5.92. The summed E-state index contributed by atoms with van der Waals surface area (Å²) >= 11 is 0. The van der Waals surface area contributed by atoms with E-state index in [1.807, 2.05) is 19.1 Å². The molecular weight excluding hydrogens is 228 g/mol. The van der Waals surface area contributed by atoms with E-state index < -0.39 is 0 Å². The highest BCUT2D eigenvalue weighted by atomic mass is 16.5. The van der Waals surface area contributed by atoms with Crippen molar-refractivity contribution < 1.29 is 9.84 Å².